The molecule has 4 aromatic heterocycles. The second kappa shape index (κ2) is 10.5. The van der Waals surface area contributed by atoms with E-state index in [1.54, 1.807) is 31.6 Å². The van der Waals surface area contributed by atoms with Gasteiger partial charge in [-0.15, -0.1) is 0 Å². The molecule has 174 valence electrons. The normalized spacial score (nSPS) is 12.4. The molecule has 4 rings (SSSR count). The summed E-state index contributed by atoms with van der Waals surface area (Å²) in [7, 11) is -1.77. The fraction of sp³-hybridized carbons (Fsp3) is 0.200. The summed E-state index contributed by atoms with van der Waals surface area (Å²) < 4.78 is 31.1. The number of hydrogen-bond donors (Lipinski definition) is 1. The van der Waals surface area contributed by atoms with E-state index >= 15 is 0 Å². The van der Waals surface area contributed by atoms with Crippen LogP contribution in [0.25, 0.3) is 0 Å². The zero-order chi connectivity index (χ0) is 24.0. The van der Waals surface area contributed by atoms with E-state index in [0.29, 0.717) is 11.6 Å². The van der Waals surface area contributed by atoms with Crippen LogP contribution in [0.1, 0.15) is 40.0 Å². The van der Waals surface area contributed by atoms with Crippen molar-refractivity contribution < 1.29 is 13.2 Å². The summed E-state index contributed by atoms with van der Waals surface area (Å²) in [6, 6.07) is 19.1. The molecule has 1 atom stereocenters. The van der Waals surface area contributed by atoms with Crippen LogP contribution in [0.2, 0.25) is 0 Å². The van der Waals surface area contributed by atoms with Crippen molar-refractivity contribution in [2.45, 2.75) is 18.4 Å². The molecule has 0 amide bonds. The molecule has 34 heavy (non-hydrogen) atoms. The first-order chi connectivity index (χ1) is 16.4. The highest BCUT2D eigenvalue weighted by atomic mass is 32.2. The predicted molar refractivity (Wildman–Crippen MR) is 129 cm³/mol. The Morgan fingerprint density at radius 1 is 0.824 bits per heavy atom. The number of ether oxygens (including phenoxy) is 1. The lowest BCUT2D eigenvalue weighted by atomic mass is 9.78. The molecule has 0 saturated heterocycles. The Labute approximate surface area is 199 Å². The lowest BCUT2D eigenvalue weighted by Crippen LogP contribution is -2.23. The van der Waals surface area contributed by atoms with Gasteiger partial charge < -0.3 is 4.74 Å². The third-order valence-corrected chi connectivity index (χ3v) is 6.02. The van der Waals surface area contributed by atoms with Crippen molar-refractivity contribution in [1.82, 2.24) is 24.7 Å². The summed E-state index contributed by atoms with van der Waals surface area (Å²) in [5.74, 6) is -0.0252. The summed E-state index contributed by atoms with van der Waals surface area (Å²) in [5.41, 5.74) is 4.06. The summed E-state index contributed by atoms with van der Waals surface area (Å²) in [6.45, 7) is 0.0926. The molecule has 4 heterocycles. The quantitative estimate of drug-likeness (QED) is 0.396. The zero-order valence-electron chi connectivity index (χ0n) is 18.9. The minimum Gasteiger partial charge on any atom is -0.481 e. The van der Waals surface area contributed by atoms with E-state index < -0.39 is 10.0 Å². The number of sulfonamides is 1. The topological polar surface area (TPSA) is 107 Å². The second-order valence-corrected chi connectivity index (χ2v) is 9.61. The molecule has 0 bridgehead atoms. The van der Waals surface area contributed by atoms with E-state index in [4.69, 9.17) is 14.7 Å². The molecular weight excluding hydrogens is 450 g/mol. The minimum absolute atomic E-state index is 0.0926. The van der Waals surface area contributed by atoms with Crippen molar-refractivity contribution in [2.24, 2.45) is 0 Å². The maximum absolute atomic E-state index is 11.6. The van der Waals surface area contributed by atoms with Gasteiger partial charge >= 0.3 is 0 Å². The predicted octanol–water partition coefficient (Wildman–Crippen LogP) is 3.29. The van der Waals surface area contributed by atoms with Gasteiger partial charge in [0.15, 0.2) is 0 Å². The molecule has 0 aromatic carbocycles. The van der Waals surface area contributed by atoms with E-state index in [1.807, 2.05) is 60.9 Å². The van der Waals surface area contributed by atoms with Crippen LogP contribution in [0.15, 0.2) is 85.5 Å². The summed E-state index contributed by atoms with van der Waals surface area (Å²) in [4.78, 5) is 18.3. The van der Waals surface area contributed by atoms with E-state index in [1.165, 1.54) is 0 Å². The number of aromatic nitrogens is 4. The van der Waals surface area contributed by atoms with Gasteiger partial charge in [-0.25, -0.2) is 18.1 Å². The van der Waals surface area contributed by atoms with Crippen LogP contribution in [0.4, 0.5) is 0 Å². The Hall–Kier alpha value is -3.69. The van der Waals surface area contributed by atoms with Gasteiger partial charge in [-0.3, -0.25) is 15.0 Å². The van der Waals surface area contributed by atoms with E-state index in [0.717, 1.165) is 28.8 Å². The standard InChI is InChI=1S/C25H25N5O3S/c1-33-23-12-4-11-22(30-23)25(21-10-3-9-20(29-21)17-28-34(2,31)32)24(18-7-5-13-26-15-18)19-8-6-14-27-16-19/h3-16,24-25,28H,17H2,1-2H3. The smallest absolute Gasteiger partial charge is 0.213 e. The average Bonchev–Trinajstić information content (AvgIpc) is 2.87. The Morgan fingerprint density at radius 2 is 1.44 bits per heavy atom. The SMILES string of the molecule is COc1cccc(C(c2cccc(CNS(C)(=O)=O)n2)C(c2cccnc2)c2cccnc2)n1. The fourth-order valence-corrected chi connectivity index (χ4v) is 4.29. The maximum Gasteiger partial charge on any atom is 0.213 e. The fourth-order valence-electron chi connectivity index (χ4n) is 3.88. The molecule has 8 nitrogen and oxygen atoms in total. The van der Waals surface area contributed by atoms with Crippen LogP contribution in [0.3, 0.4) is 0 Å². The third-order valence-electron chi connectivity index (χ3n) is 5.36. The molecule has 1 unspecified atom stereocenters. The molecule has 4 aromatic rings. The number of methoxy groups -OCH3 is 1. The number of rotatable bonds is 9. The van der Waals surface area contributed by atoms with Crippen molar-refractivity contribution in [3.63, 3.8) is 0 Å². The Balaban J connectivity index is 1.89. The van der Waals surface area contributed by atoms with Crippen LogP contribution >= 0.6 is 0 Å². The molecule has 9 heteroatoms. The van der Waals surface area contributed by atoms with E-state index in [-0.39, 0.29) is 18.4 Å². The molecule has 0 spiro atoms. The monoisotopic (exact) mass is 475 g/mol. The Bertz CT molecular complexity index is 1300. The van der Waals surface area contributed by atoms with Gasteiger partial charge in [0.2, 0.25) is 15.9 Å². The first-order valence-electron chi connectivity index (χ1n) is 10.7. The molecule has 0 aliphatic rings. The van der Waals surface area contributed by atoms with Crippen molar-refractivity contribution in [3.8, 4) is 5.88 Å². The third kappa shape index (κ3) is 5.81. The number of hydrogen-bond acceptors (Lipinski definition) is 7. The minimum atomic E-state index is -3.35. The van der Waals surface area contributed by atoms with Gasteiger partial charge in [0.25, 0.3) is 0 Å². The molecule has 0 fully saturated rings. The van der Waals surface area contributed by atoms with Crippen molar-refractivity contribution >= 4 is 10.0 Å². The summed E-state index contributed by atoms with van der Waals surface area (Å²) >= 11 is 0. The van der Waals surface area contributed by atoms with Crippen molar-refractivity contribution in [1.29, 1.82) is 0 Å². The zero-order valence-corrected chi connectivity index (χ0v) is 19.7. The van der Waals surface area contributed by atoms with Gasteiger partial charge in [-0.2, -0.15) is 0 Å². The largest absolute Gasteiger partial charge is 0.481 e. The maximum atomic E-state index is 11.6. The molecule has 0 aliphatic carbocycles. The van der Waals surface area contributed by atoms with Crippen LogP contribution in [0.5, 0.6) is 5.88 Å². The summed E-state index contributed by atoms with van der Waals surface area (Å²) in [6.07, 6.45) is 8.26. The number of nitrogens with one attached hydrogen (secondary N) is 1. The van der Waals surface area contributed by atoms with Gasteiger partial charge in [-0.1, -0.05) is 24.3 Å². The van der Waals surface area contributed by atoms with E-state index in [9.17, 15) is 8.42 Å². The molecule has 0 saturated carbocycles. The van der Waals surface area contributed by atoms with Crippen LogP contribution in [-0.4, -0.2) is 41.7 Å². The highest BCUT2D eigenvalue weighted by Crippen LogP contribution is 2.41. The Morgan fingerprint density at radius 3 is 2.00 bits per heavy atom. The van der Waals surface area contributed by atoms with Gasteiger partial charge in [-0.05, 0) is 41.5 Å². The van der Waals surface area contributed by atoms with Crippen LogP contribution in [0, 0.1) is 0 Å². The first-order valence-corrected chi connectivity index (χ1v) is 12.5. The summed E-state index contributed by atoms with van der Waals surface area (Å²) in [5, 5.41) is 0. The van der Waals surface area contributed by atoms with Crippen molar-refractivity contribution in [3.05, 3.63) is 114 Å². The first kappa shape index (κ1) is 23.5. The van der Waals surface area contributed by atoms with Crippen molar-refractivity contribution in [2.75, 3.05) is 13.4 Å². The lowest BCUT2D eigenvalue weighted by Gasteiger charge is -2.27. The van der Waals surface area contributed by atoms with Gasteiger partial charge in [0, 0.05) is 36.8 Å². The van der Waals surface area contributed by atoms with Crippen LogP contribution in [-0.2, 0) is 16.6 Å². The molecule has 0 aliphatic heterocycles. The molecule has 1 N–H and O–H groups in total. The average molecular weight is 476 g/mol. The van der Waals surface area contributed by atoms with E-state index in [2.05, 4.69) is 14.7 Å². The number of nitrogens with zero attached hydrogens (tertiary/aromatic N) is 4. The number of pyridine rings is 4. The molecular formula is C25H25N5O3S. The van der Waals surface area contributed by atoms with Gasteiger partial charge in [0.05, 0.1) is 42.9 Å². The second-order valence-electron chi connectivity index (χ2n) is 7.78. The van der Waals surface area contributed by atoms with Crippen LogP contribution < -0.4 is 9.46 Å². The van der Waals surface area contributed by atoms with Gasteiger partial charge in [0.1, 0.15) is 0 Å². The lowest BCUT2D eigenvalue weighted by molar-refractivity contribution is 0.395. The highest BCUT2D eigenvalue weighted by molar-refractivity contribution is 7.88. The Kier molecular flexibility index (Phi) is 7.24. The molecule has 0 radical (unpaired) electrons. The highest BCUT2D eigenvalue weighted by Gasteiger charge is 2.31.